The lowest BCUT2D eigenvalue weighted by Gasteiger charge is -1.99. The lowest BCUT2D eigenvalue weighted by Crippen LogP contribution is -1.78. The van der Waals surface area contributed by atoms with Crippen molar-refractivity contribution >= 4 is 11.5 Å². The zero-order valence-corrected chi connectivity index (χ0v) is 8.83. The maximum absolute atomic E-state index is 9.66. The van der Waals surface area contributed by atoms with Crippen LogP contribution in [0.4, 0.5) is 11.5 Å². The van der Waals surface area contributed by atoms with Crippen molar-refractivity contribution in [3.63, 3.8) is 0 Å². The first-order valence-electron chi connectivity index (χ1n) is 4.89. The van der Waals surface area contributed by atoms with E-state index in [4.69, 9.17) is 0 Å². The third-order valence-electron chi connectivity index (χ3n) is 2.12. The van der Waals surface area contributed by atoms with Crippen LogP contribution in [-0.2, 0) is 0 Å². The summed E-state index contributed by atoms with van der Waals surface area (Å²) in [6, 6.07) is 11.0. The molecule has 16 heavy (non-hydrogen) atoms. The van der Waals surface area contributed by atoms with Gasteiger partial charge in [-0.3, -0.25) is 0 Å². The molecule has 0 unspecified atom stereocenters. The molecule has 1 aromatic carbocycles. The van der Waals surface area contributed by atoms with Crippen molar-refractivity contribution in [2.75, 3.05) is 0 Å². The zero-order chi connectivity index (χ0) is 11.4. The Kier molecular flexibility index (Phi) is 2.91. The first-order chi connectivity index (χ1) is 7.77. The molecular weight excluding hydrogens is 202 g/mol. The van der Waals surface area contributed by atoms with E-state index in [1.54, 1.807) is 19.2 Å². The number of hydrogen-bond donors (Lipinski definition) is 1. The van der Waals surface area contributed by atoms with Crippen LogP contribution in [0.2, 0.25) is 0 Å². The Hall–Kier alpha value is -2.23. The van der Waals surface area contributed by atoms with Crippen molar-refractivity contribution in [1.29, 1.82) is 0 Å². The Balaban J connectivity index is 2.28. The fourth-order valence-electron chi connectivity index (χ4n) is 1.21. The predicted molar refractivity (Wildman–Crippen MR) is 61.3 cm³/mol. The van der Waals surface area contributed by atoms with Crippen molar-refractivity contribution in [3.8, 4) is 5.75 Å². The van der Waals surface area contributed by atoms with Crippen LogP contribution in [0.15, 0.2) is 52.8 Å². The minimum atomic E-state index is 0.0715. The molecule has 0 aliphatic heterocycles. The Morgan fingerprint density at radius 1 is 1.06 bits per heavy atom. The summed E-state index contributed by atoms with van der Waals surface area (Å²) >= 11 is 0. The van der Waals surface area contributed by atoms with Gasteiger partial charge in [-0.1, -0.05) is 18.2 Å². The second-order valence-corrected chi connectivity index (χ2v) is 3.34. The van der Waals surface area contributed by atoms with Crippen molar-refractivity contribution in [2.45, 2.75) is 6.92 Å². The maximum atomic E-state index is 9.66. The van der Waals surface area contributed by atoms with E-state index in [-0.39, 0.29) is 11.6 Å². The molecule has 0 aliphatic carbocycles. The summed E-state index contributed by atoms with van der Waals surface area (Å²) in [6.07, 6.45) is 1.59. The highest BCUT2D eigenvalue weighted by molar-refractivity contribution is 5.48. The van der Waals surface area contributed by atoms with Gasteiger partial charge in [-0.05, 0) is 30.7 Å². The molecular formula is C12H11N3O. The summed E-state index contributed by atoms with van der Waals surface area (Å²) in [6.45, 7) is 1.79. The number of aryl methyl sites for hydroxylation is 1. The van der Waals surface area contributed by atoms with Gasteiger partial charge in [-0.25, -0.2) is 4.98 Å². The van der Waals surface area contributed by atoms with E-state index < -0.39 is 0 Å². The predicted octanol–water partition coefficient (Wildman–Crippen LogP) is 3.51. The van der Waals surface area contributed by atoms with Crippen LogP contribution in [-0.4, -0.2) is 10.1 Å². The standard InChI is InChI=1S/C12H11N3O/c1-9-7-8-13-12(11(9)16)15-14-10-5-3-2-4-6-10/h2-8,16H,1H3. The quantitative estimate of drug-likeness (QED) is 0.776. The lowest BCUT2D eigenvalue weighted by molar-refractivity contribution is 0.469. The van der Waals surface area contributed by atoms with Crippen molar-refractivity contribution < 1.29 is 5.11 Å². The second kappa shape index (κ2) is 4.53. The van der Waals surface area contributed by atoms with E-state index in [1.165, 1.54) is 0 Å². The van der Waals surface area contributed by atoms with Crippen molar-refractivity contribution in [3.05, 3.63) is 48.2 Å². The van der Waals surface area contributed by atoms with Crippen molar-refractivity contribution in [1.82, 2.24) is 4.98 Å². The van der Waals surface area contributed by atoms with Crippen LogP contribution in [0.1, 0.15) is 5.56 Å². The maximum Gasteiger partial charge on any atom is 0.216 e. The number of benzene rings is 1. The highest BCUT2D eigenvalue weighted by Gasteiger charge is 2.03. The molecule has 80 valence electrons. The largest absolute Gasteiger partial charge is 0.504 e. The minimum absolute atomic E-state index is 0.0715. The molecule has 0 saturated carbocycles. The lowest BCUT2D eigenvalue weighted by atomic mass is 10.3. The van der Waals surface area contributed by atoms with Crippen LogP contribution in [0.5, 0.6) is 5.75 Å². The number of pyridine rings is 1. The molecule has 2 rings (SSSR count). The molecule has 0 fully saturated rings. The Labute approximate surface area is 93.3 Å². The molecule has 4 nitrogen and oxygen atoms in total. The average Bonchev–Trinajstić information content (AvgIpc) is 2.32. The number of rotatable bonds is 2. The van der Waals surface area contributed by atoms with Crippen LogP contribution in [0.3, 0.4) is 0 Å². The van der Waals surface area contributed by atoms with Crippen LogP contribution >= 0.6 is 0 Å². The smallest absolute Gasteiger partial charge is 0.216 e. The van der Waals surface area contributed by atoms with Gasteiger partial charge in [0.15, 0.2) is 5.75 Å². The highest BCUT2D eigenvalue weighted by atomic mass is 16.3. The average molecular weight is 213 g/mol. The fourth-order valence-corrected chi connectivity index (χ4v) is 1.21. The Bertz CT molecular complexity index is 509. The topological polar surface area (TPSA) is 57.8 Å². The summed E-state index contributed by atoms with van der Waals surface area (Å²) in [5.41, 5.74) is 1.46. The monoisotopic (exact) mass is 213 g/mol. The molecule has 0 radical (unpaired) electrons. The van der Waals surface area contributed by atoms with E-state index in [0.29, 0.717) is 0 Å². The molecule has 0 atom stereocenters. The first-order valence-corrected chi connectivity index (χ1v) is 4.89. The van der Waals surface area contributed by atoms with Gasteiger partial charge in [0.2, 0.25) is 5.82 Å². The molecule has 1 heterocycles. The third-order valence-corrected chi connectivity index (χ3v) is 2.12. The van der Waals surface area contributed by atoms with E-state index >= 15 is 0 Å². The van der Waals surface area contributed by atoms with Crippen LogP contribution < -0.4 is 0 Å². The molecule has 2 aromatic rings. The Morgan fingerprint density at radius 3 is 2.56 bits per heavy atom. The molecule has 1 N–H and O–H groups in total. The Morgan fingerprint density at radius 2 is 1.81 bits per heavy atom. The molecule has 0 aliphatic rings. The number of azo groups is 1. The fraction of sp³-hybridized carbons (Fsp3) is 0.0833. The van der Waals surface area contributed by atoms with Gasteiger partial charge in [0.25, 0.3) is 0 Å². The summed E-state index contributed by atoms with van der Waals surface area (Å²) in [5.74, 6) is 0.311. The molecule has 0 spiro atoms. The van der Waals surface area contributed by atoms with Gasteiger partial charge in [-0.2, -0.15) is 0 Å². The van der Waals surface area contributed by atoms with Crippen LogP contribution in [0.25, 0.3) is 0 Å². The minimum Gasteiger partial charge on any atom is -0.504 e. The van der Waals surface area contributed by atoms with Crippen LogP contribution in [0, 0.1) is 6.92 Å². The summed E-state index contributed by atoms with van der Waals surface area (Å²) in [7, 11) is 0. The number of aromatic nitrogens is 1. The third kappa shape index (κ3) is 2.23. The van der Waals surface area contributed by atoms with E-state index in [0.717, 1.165) is 11.3 Å². The summed E-state index contributed by atoms with van der Waals surface area (Å²) in [5, 5.41) is 17.5. The highest BCUT2D eigenvalue weighted by Crippen LogP contribution is 2.27. The second-order valence-electron chi connectivity index (χ2n) is 3.34. The van der Waals surface area contributed by atoms with E-state index in [1.807, 2.05) is 30.3 Å². The normalized spacial score (nSPS) is 10.8. The summed E-state index contributed by atoms with van der Waals surface area (Å²) in [4.78, 5) is 3.94. The van der Waals surface area contributed by atoms with E-state index in [2.05, 4.69) is 15.2 Å². The molecule has 0 bridgehead atoms. The molecule has 1 aromatic heterocycles. The SMILES string of the molecule is Cc1ccnc(N=Nc2ccccc2)c1O. The van der Waals surface area contributed by atoms with Gasteiger partial charge in [-0.15, -0.1) is 10.2 Å². The van der Waals surface area contributed by atoms with Gasteiger partial charge in [0.05, 0.1) is 5.69 Å². The summed E-state index contributed by atoms with van der Waals surface area (Å²) < 4.78 is 0. The molecule has 0 saturated heterocycles. The van der Waals surface area contributed by atoms with Gasteiger partial charge >= 0.3 is 0 Å². The zero-order valence-electron chi connectivity index (χ0n) is 8.83. The van der Waals surface area contributed by atoms with Gasteiger partial charge in [0, 0.05) is 6.20 Å². The molecule has 0 amide bonds. The number of hydrogen-bond acceptors (Lipinski definition) is 4. The van der Waals surface area contributed by atoms with Crippen molar-refractivity contribution in [2.24, 2.45) is 10.2 Å². The first kappa shape index (κ1) is 10.3. The van der Waals surface area contributed by atoms with Gasteiger partial charge in [0.1, 0.15) is 0 Å². The van der Waals surface area contributed by atoms with Gasteiger partial charge < -0.3 is 5.11 Å². The van der Waals surface area contributed by atoms with E-state index in [9.17, 15) is 5.11 Å². The number of nitrogens with zero attached hydrogens (tertiary/aromatic N) is 3. The number of aromatic hydroxyl groups is 1. The molecule has 4 heteroatoms.